The molecule has 0 aliphatic carbocycles. The predicted octanol–water partition coefficient (Wildman–Crippen LogP) is 5.69. The van der Waals surface area contributed by atoms with E-state index >= 15 is 0 Å². The molecule has 0 radical (unpaired) electrons. The van der Waals surface area contributed by atoms with Crippen LogP contribution in [0.1, 0.15) is 42.3 Å². The summed E-state index contributed by atoms with van der Waals surface area (Å²) in [6, 6.07) is 26.4. The van der Waals surface area contributed by atoms with E-state index in [0.29, 0.717) is 12.2 Å². The molecular weight excluding hydrogens is 695 g/mol. The van der Waals surface area contributed by atoms with Gasteiger partial charge in [-0.25, -0.2) is 4.79 Å². The smallest absolute Gasteiger partial charge is 0.338 e. The van der Waals surface area contributed by atoms with Crippen molar-refractivity contribution < 1.29 is 38.7 Å². The minimum atomic E-state index is -1.18. The van der Waals surface area contributed by atoms with E-state index in [4.69, 9.17) is 23.7 Å². The molecule has 8 nitrogen and oxygen atoms in total. The predicted molar refractivity (Wildman–Crippen MR) is 176 cm³/mol. The molecule has 2 N–H and O–H groups in total. The van der Waals surface area contributed by atoms with Crippen LogP contribution < -0.4 is 0 Å². The van der Waals surface area contributed by atoms with E-state index in [1.165, 1.54) is 11.8 Å². The molecule has 5 rings (SSSR count). The molecule has 2 saturated heterocycles. The summed E-state index contributed by atoms with van der Waals surface area (Å²) in [5, 5.41) is 22.5. The van der Waals surface area contributed by atoms with Gasteiger partial charge in [-0.1, -0.05) is 88.8 Å². The summed E-state index contributed by atoms with van der Waals surface area (Å²) < 4.78 is 30.8. The molecular formula is C34H39IO8S. The van der Waals surface area contributed by atoms with E-state index < -0.39 is 63.8 Å². The lowest BCUT2D eigenvalue weighted by Gasteiger charge is -2.52. The van der Waals surface area contributed by atoms with Crippen molar-refractivity contribution in [3.63, 3.8) is 0 Å². The zero-order chi connectivity index (χ0) is 31.4. The third-order valence-corrected chi connectivity index (χ3v) is 11.2. The second-order valence-electron chi connectivity index (χ2n) is 11.5. The molecule has 0 unspecified atom stereocenters. The fraction of sp³-hybridized carbons (Fsp3) is 0.441. The second-order valence-corrected chi connectivity index (χ2v) is 14.1. The van der Waals surface area contributed by atoms with Gasteiger partial charge in [-0.2, -0.15) is 0 Å². The molecule has 10 heteroatoms. The fourth-order valence-corrected chi connectivity index (χ4v) is 7.46. The highest BCUT2D eigenvalue weighted by Gasteiger charge is 2.57. The Balaban J connectivity index is 1.39. The number of aliphatic hydroxyl groups is 2. The number of hydrogen-bond acceptors (Lipinski definition) is 9. The number of benzene rings is 3. The molecule has 2 heterocycles. The second kappa shape index (κ2) is 14.6. The molecule has 0 amide bonds. The molecule has 0 bridgehead atoms. The van der Waals surface area contributed by atoms with Crippen LogP contribution in [0.4, 0.5) is 0 Å². The fourth-order valence-electron chi connectivity index (χ4n) is 5.43. The van der Waals surface area contributed by atoms with Crippen LogP contribution in [0.5, 0.6) is 0 Å². The van der Waals surface area contributed by atoms with Gasteiger partial charge < -0.3 is 33.9 Å². The van der Waals surface area contributed by atoms with Gasteiger partial charge >= 0.3 is 5.97 Å². The zero-order valence-corrected chi connectivity index (χ0v) is 28.1. The Morgan fingerprint density at radius 3 is 2.18 bits per heavy atom. The summed E-state index contributed by atoms with van der Waals surface area (Å²) >= 11 is 3.58. The van der Waals surface area contributed by atoms with Crippen LogP contribution in [-0.2, 0) is 30.3 Å². The van der Waals surface area contributed by atoms with Crippen LogP contribution in [0.3, 0.4) is 0 Å². The van der Waals surface area contributed by atoms with Gasteiger partial charge in [0.1, 0.15) is 17.8 Å². The van der Waals surface area contributed by atoms with Gasteiger partial charge in [0.05, 0.1) is 33.6 Å². The van der Waals surface area contributed by atoms with Gasteiger partial charge in [-0.3, -0.25) is 0 Å². The Hall–Kier alpha value is -2.03. The molecule has 10 atom stereocenters. The summed E-state index contributed by atoms with van der Waals surface area (Å²) in [6.07, 6.45) is -6.04. The summed E-state index contributed by atoms with van der Waals surface area (Å²) in [7, 11) is 0. The monoisotopic (exact) mass is 734 g/mol. The van der Waals surface area contributed by atoms with Crippen molar-refractivity contribution in [1.29, 1.82) is 0 Å². The van der Waals surface area contributed by atoms with Gasteiger partial charge in [0.25, 0.3) is 0 Å². The number of ether oxygens (including phenoxy) is 5. The number of aliphatic hydroxyl groups excluding tert-OH is 2. The van der Waals surface area contributed by atoms with Gasteiger partial charge in [0, 0.05) is 4.90 Å². The maximum atomic E-state index is 13.0. The summed E-state index contributed by atoms with van der Waals surface area (Å²) in [4.78, 5) is 13.9. The summed E-state index contributed by atoms with van der Waals surface area (Å²) in [6.45, 7) is 7.69. The third-order valence-electron chi connectivity index (χ3n) is 8.09. The lowest BCUT2D eigenvalue weighted by molar-refractivity contribution is -0.329. The van der Waals surface area contributed by atoms with Crippen molar-refractivity contribution in [1.82, 2.24) is 0 Å². The largest absolute Gasteiger partial charge is 0.453 e. The van der Waals surface area contributed by atoms with Crippen LogP contribution in [0.15, 0.2) is 89.8 Å². The molecule has 2 aliphatic heterocycles. The van der Waals surface area contributed by atoms with Gasteiger partial charge in [0.15, 0.2) is 18.7 Å². The van der Waals surface area contributed by atoms with E-state index in [1.54, 1.807) is 38.1 Å². The van der Waals surface area contributed by atoms with Crippen LogP contribution >= 0.6 is 34.4 Å². The molecule has 44 heavy (non-hydrogen) atoms. The third kappa shape index (κ3) is 7.50. The van der Waals surface area contributed by atoms with Crippen molar-refractivity contribution in [2.45, 2.75) is 97.1 Å². The molecule has 2 fully saturated rings. The van der Waals surface area contributed by atoms with Crippen LogP contribution in [0.25, 0.3) is 0 Å². The number of rotatable bonds is 9. The number of hydrogen-bond donors (Lipinski definition) is 2. The molecule has 236 valence electrons. The van der Waals surface area contributed by atoms with E-state index in [2.05, 4.69) is 22.6 Å². The Bertz CT molecular complexity index is 1360. The molecule has 2 aliphatic rings. The normalized spacial score (nSPS) is 33.9. The Morgan fingerprint density at radius 1 is 0.909 bits per heavy atom. The van der Waals surface area contributed by atoms with Crippen molar-refractivity contribution >= 4 is 40.3 Å². The van der Waals surface area contributed by atoms with Crippen molar-refractivity contribution in [3.05, 3.63) is 102 Å². The first-order valence-corrected chi connectivity index (χ1v) is 16.8. The van der Waals surface area contributed by atoms with E-state index in [1.807, 2.05) is 74.5 Å². The quantitative estimate of drug-likeness (QED) is 0.163. The molecule has 0 saturated carbocycles. The lowest BCUT2D eigenvalue weighted by Crippen LogP contribution is -2.67. The van der Waals surface area contributed by atoms with Gasteiger partial charge in [0.2, 0.25) is 0 Å². The van der Waals surface area contributed by atoms with E-state index in [0.717, 1.165) is 16.0 Å². The first-order chi connectivity index (χ1) is 21.1. The topological polar surface area (TPSA) is 104 Å². The summed E-state index contributed by atoms with van der Waals surface area (Å²) in [5.74, 6) is -0.546. The van der Waals surface area contributed by atoms with Crippen molar-refractivity contribution in [3.8, 4) is 0 Å². The maximum Gasteiger partial charge on any atom is 0.338 e. The SMILES string of the molecule is Cc1ccc(S[C@H]2[C@H](O[C@]3(C)[C@@H](O)[C@H](C)O[C@@H](OCc4ccccc4)[C@@H]3I)O[C@H](C)[C@@H](OC(=O)c3ccccc3)[C@@H]2O)cc1. The Kier molecular flexibility index (Phi) is 11.1. The molecule has 0 aromatic heterocycles. The number of carbonyl (C=O) groups is 1. The standard InChI is InChI=1S/C34H39IO8S/c1-20-15-17-25(18-16-20)44-28-26(36)27(42-31(38)24-13-9-6-10-14-24)21(2)40-32(28)43-34(4)29(35)33(41-22(3)30(34)37)39-19-23-11-7-5-8-12-23/h5-18,21-22,26-30,32-33,36-37H,19H2,1-4H3/t21-,22+,26+,27-,28-,29+,30+,32+,33-,34+/m1/s1. The minimum absolute atomic E-state index is 0.333. The first-order valence-electron chi connectivity index (χ1n) is 14.7. The highest BCUT2D eigenvalue weighted by molar-refractivity contribution is 14.1. The molecule has 3 aromatic carbocycles. The number of halogens is 1. The van der Waals surface area contributed by atoms with Crippen molar-refractivity contribution in [2.24, 2.45) is 0 Å². The minimum Gasteiger partial charge on any atom is -0.453 e. The highest BCUT2D eigenvalue weighted by atomic mass is 127. The highest BCUT2D eigenvalue weighted by Crippen LogP contribution is 2.44. The zero-order valence-electron chi connectivity index (χ0n) is 25.1. The number of carbonyl (C=O) groups excluding carboxylic acids is 1. The number of alkyl halides is 1. The lowest BCUT2D eigenvalue weighted by atomic mass is 9.88. The van der Waals surface area contributed by atoms with Crippen LogP contribution in [0.2, 0.25) is 0 Å². The van der Waals surface area contributed by atoms with E-state index in [-0.39, 0.29) is 0 Å². The average Bonchev–Trinajstić information content (AvgIpc) is 3.03. The van der Waals surface area contributed by atoms with Crippen LogP contribution in [-0.4, -0.2) is 74.1 Å². The number of esters is 1. The number of aryl methyl sites for hydroxylation is 1. The first kappa shape index (κ1) is 33.3. The summed E-state index contributed by atoms with van der Waals surface area (Å²) in [5.41, 5.74) is 1.31. The van der Waals surface area contributed by atoms with Crippen molar-refractivity contribution in [2.75, 3.05) is 0 Å². The van der Waals surface area contributed by atoms with Gasteiger partial charge in [-0.05, 0) is 57.5 Å². The maximum absolute atomic E-state index is 13.0. The van der Waals surface area contributed by atoms with Crippen LogP contribution in [0, 0.1) is 6.92 Å². The molecule has 0 spiro atoms. The van der Waals surface area contributed by atoms with E-state index in [9.17, 15) is 15.0 Å². The molecule has 3 aromatic rings. The Labute approximate surface area is 276 Å². The Morgan fingerprint density at radius 2 is 1.52 bits per heavy atom. The average molecular weight is 735 g/mol. The van der Waals surface area contributed by atoms with Gasteiger partial charge in [-0.15, -0.1) is 11.8 Å². The number of thioether (sulfide) groups is 1.